The van der Waals surface area contributed by atoms with Crippen LogP contribution in [-0.4, -0.2) is 26.2 Å². The van der Waals surface area contributed by atoms with E-state index in [2.05, 4.69) is 4.72 Å². The summed E-state index contributed by atoms with van der Waals surface area (Å²) in [5.74, 6) is 0. The molecule has 3 N–H and O–H groups in total. The fourth-order valence-corrected chi connectivity index (χ4v) is 2.59. The predicted molar refractivity (Wildman–Crippen MR) is 63.8 cm³/mol. The van der Waals surface area contributed by atoms with Crippen molar-refractivity contribution in [3.05, 3.63) is 27.8 Å². The molecule has 0 aliphatic rings. The number of carbonyl (C=O) groups excluding carboxylic acids is 1. The first-order valence-corrected chi connectivity index (χ1v) is 6.34. The zero-order chi connectivity index (χ0) is 13.9. The van der Waals surface area contributed by atoms with Crippen molar-refractivity contribution in [2.24, 2.45) is 0 Å². The van der Waals surface area contributed by atoms with Crippen molar-refractivity contribution in [2.75, 3.05) is 12.3 Å². The van der Waals surface area contributed by atoms with Gasteiger partial charge in [-0.3, -0.25) is 14.9 Å². The minimum Gasteiger partial charge on any atom is -0.393 e. The highest BCUT2D eigenvalue weighted by Crippen LogP contribution is 2.27. The maximum absolute atomic E-state index is 11.7. The molecule has 1 rings (SSSR count). The molecule has 1 aromatic rings. The maximum Gasteiger partial charge on any atom is 0.292 e. The van der Waals surface area contributed by atoms with Crippen LogP contribution in [0.5, 0.6) is 0 Å². The number of nitrogen functional groups attached to an aromatic ring is 1. The van der Waals surface area contributed by atoms with Crippen molar-refractivity contribution in [1.29, 1.82) is 0 Å². The van der Waals surface area contributed by atoms with Crippen molar-refractivity contribution < 1.29 is 18.1 Å². The Morgan fingerprint density at radius 3 is 2.56 bits per heavy atom. The molecule has 98 valence electrons. The van der Waals surface area contributed by atoms with Crippen molar-refractivity contribution in [1.82, 2.24) is 4.72 Å². The number of aldehydes is 1. The van der Waals surface area contributed by atoms with Gasteiger partial charge >= 0.3 is 0 Å². The second kappa shape index (κ2) is 5.10. The van der Waals surface area contributed by atoms with E-state index in [0.29, 0.717) is 0 Å². The van der Waals surface area contributed by atoms with Crippen molar-refractivity contribution in [2.45, 2.75) is 11.8 Å². The van der Waals surface area contributed by atoms with Crippen LogP contribution >= 0.6 is 0 Å². The molecule has 0 spiro atoms. The first-order valence-electron chi connectivity index (χ1n) is 4.86. The van der Waals surface area contributed by atoms with Gasteiger partial charge in [-0.05, 0) is 6.07 Å². The van der Waals surface area contributed by atoms with Crippen molar-refractivity contribution in [3.8, 4) is 0 Å². The summed E-state index contributed by atoms with van der Waals surface area (Å²) >= 11 is 0. The Bertz CT molecular complexity index is 596. The Morgan fingerprint density at radius 1 is 1.50 bits per heavy atom. The number of sulfonamides is 1. The van der Waals surface area contributed by atoms with Gasteiger partial charge in [0.15, 0.2) is 6.29 Å². The summed E-state index contributed by atoms with van der Waals surface area (Å²) in [6.07, 6.45) is 0.233. The van der Waals surface area contributed by atoms with Gasteiger partial charge in [0, 0.05) is 18.2 Å². The third kappa shape index (κ3) is 2.63. The monoisotopic (exact) mass is 273 g/mol. The normalized spacial score (nSPS) is 11.2. The van der Waals surface area contributed by atoms with E-state index in [0.717, 1.165) is 12.1 Å². The first kappa shape index (κ1) is 14.1. The number of benzene rings is 1. The highest BCUT2D eigenvalue weighted by atomic mass is 32.2. The van der Waals surface area contributed by atoms with E-state index >= 15 is 0 Å². The number of hydrogen-bond donors (Lipinski definition) is 2. The Balaban J connectivity index is 3.52. The highest BCUT2D eigenvalue weighted by molar-refractivity contribution is 7.89. The summed E-state index contributed by atoms with van der Waals surface area (Å²) in [6.45, 7) is 1.68. The lowest BCUT2D eigenvalue weighted by atomic mass is 10.2. The molecule has 0 fully saturated rings. The number of nitro benzene ring substituents is 1. The van der Waals surface area contributed by atoms with Gasteiger partial charge in [0.1, 0.15) is 5.69 Å². The van der Waals surface area contributed by atoms with E-state index in [-0.39, 0.29) is 29.0 Å². The summed E-state index contributed by atoms with van der Waals surface area (Å²) in [5.41, 5.74) is 4.26. The second-order valence-electron chi connectivity index (χ2n) is 3.33. The molecule has 0 amide bonds. The van der Waals surface area contributed by atoms with E-state index in [1.54, 1.807) is 6.92 Å². The molecule has 18 heavy (non-hydrogen) atoms. The average molecular weight is 273 g/mol. The van der Waals surface area contributed by atoms with Crippen LogP contribution in [-0.2, 0) is 10.0 Å². The topological polar surface area (TPSA) is 132 Å². The van der Waals surface area contributed by atoms with Gasteiger partial charge < -0.3 is 5.73 Å². The lowest BCUT2D eigenvalue weighted by Crippen LogP contribution is -2.24. The molecule has 0 aromatic heterocycles. The van der Waals surface area contributed by atoms with Crippen LogP contribution in [0.25, 0.3) is 0 Å². The molecule has 0 radical (unpaired) electrons. The van der Waals surface area contributed by atoms with Gasteiger partial charge in [-0.1, -0.05) is 6.92 Å². The minimum absolute atomic E-state index is 0.123. The average Bonchev–Trinajstić information content (AvgIpc) is 2.28. The quantitative estimate of drug-likeness (QED) is 0.343. The molecule has 0 bridgehead atoms. The molecule has 8 nitrogen and oxygen atoms in total. The van der Waals surface area contributed by atoms with Gasteiger partial charge in [0.05, 0.1) is 9.82 Å². The molecule has 0 unspecified atom stereocenters. The molecule has 0 atom stereocenters. The lowest BCUT2D eigenvalue weighted by molar-refractivity contribution is -0.384. The molecule has 0 heterocycles. The number of nitrogens with zero attached hydrogens (tertiary/aromatic N) is 1. The summed E-state index contributed by atoms with van der Waals surface area (Å²) < 4.78 is 25.7. The van der Waals surface area contributed by atoms with Crippen LogP contribution in [0.15, 0.2) is 17.0 Å². The number of hydrogen-bond acceptors (Lipinski definition) is 6. The van der Waals surface area contributed by atoms with Gasteiger partial charge in [-0.2, -0.15) is 0 Å². The van der Waals surface area contributed by atoms with Crippen LogP contribution in [0.4, 0.5) is 11.4 Å². The minimum atomic E-state index is -3.90. The second-order valence-corrected chi connectivity index (χ2v) is 5.06. The zero-order valence-electron chi connectivity index (χ0n) is 9.41. The molecule has 9 heteroatoms. The maximum atomic E-state index is 11.7. The summed E-state index contributed by atoms with van der Waals surface area (Å²) in [6, 6.07) is 1.74. The van der Waals surface area contributed by atoms with E-state index in [9.17, 15) is 23.3 Å². The Morgan fingerprint density at radius 2 is 2.11 bits per heavy atom. The Labute approximate surface area is 103 Å². The molecule has 1 aromatic carbocycles. The molecular formula is C9H11N3O5S. The van der Waals surface area contributed by atoms with Gasteiger partial charge in [0.25, 0.3) is 5.69 Å². The van der Waals surface area contributed by atoms with Gasteiger partial charge in [0.2, 0.25) is 10.0 Å². The lowest BCUT2D eigenvalue weighted by Gasteiger charge is -2.08. The first-order chi connectivity index (χ1) is 8.33. The Kier molecular flexibility index (Phi) is 3.99. The fraction of sp³-hybridized carbons (Fsp3) is 0.222. The van der Waals surface area contributed by atoms with Crippen LogP contribution in [0.2, 0.25) is 0 Å². The molecule has 0 aliphatic carbocycles. The summed E-state index contributed by atoms with van der Waals surface area (Å²) in [5, 5.41) is 10.6. The van der Waals surface area contributed by atoms with Crippen LogP contribution < -0.4 is 10.5 Å². The van der Waals surface area contributed by atoms with Crippen molar-refractivity contribution >= 4 is 27.7 Å². The number of nitrogens with two attached hydrogens (primary N) is 1. The Hall–Kier alpha value is -2.00. The third-order valence-corrected chi connectivity index (χ3v) is 3.71. The fourth-order valence-electron chi connectivity index (χ4n) is 1.35. The molecule has 0 aliphatic heterocycles. The van der Waals surface area contributed by atoms with E-state index in [4.69, 9.17) is 5.73 Å². The van der Waals surface area contributed by atoms with Crippen molar-refractivity contribution in [3.63, 3.8) is 0 Å². The van der Waals surface area contributed by atoms with E-state index in [1.807, 2.05) is 0 Å². The largest absolute Gasteiger partial charge is 0.393 e. The number of nitrogens with one attached hydrogen (secondary N) is 1. The van der Waals surface area contributed by atoms with E-state index < -0.39 is 20.6 Å². The molecule has 0 saturated heterocycles. The third-order valence-electron chi connectivity index (χ3n) is 2.11. The number of anilines is 1. The summed E-state index contributed by atoms with van der Waals surface area (Å²) in [4.78, 5) is 20.3. The zero-order valence-corrected chi connectivity index (χ0v) is 10.2. The highest BCUT2D eigenvalue weighted by Gasteiger charge is 2.23. The van der Waals surface area contributed by atoms with Gasteiger partial charge in [-0.25, -0.2) is 13.1 Å². The van der Waals surface area contributed by atoms with E-state index in [1.165, 1.54) is 0 Å². The molecule has 0 saturated carbocycles. The number of carbonyl (C=O) groups is 1. The number of nitro groups is 1. The molecular weight excluding hydrogens is 262 g/mol. The summed E-state index contributed by atoms with van der Waals surface area (Å²) in [7, 11) is -3.90. The van der Waals surface area contributed by atoms with Crippen LogP contribution in [0.1, 0.15) is 17.3 Å². The van der Waals surface area contributed by atoms with Crippen LogP contribution in [0.3, 0.4) is 0 Å². The smallest absolute Gasteiger partial charge is 0.292 e. The van der Waals surface area contributed by atoms with Crippen LogP contribution in [0, 0.1) is 10.1 Å². The standard InChI is InChI=1S/C9H11N3O5S/c1-2-11-18(16,17)9-4-7(10)8(12(14)15)3-6(9)5-13/h3-5,11H,2,10H2,1H3. The SMILES string of the molecule is CCNS(=O)(=O)c1cc(N)c([N+](=O)[O-])cc1C=O. The number of rotatable bonds is 5. The predicted octanol–water partition coefficient (Wildman–Crippen LogP) is 0.288. The van der Waals surface area contributed by atoms with Gasteiger partial charge in [-0.15, -0.1) is 0 Å².